The van der Waals surface area contributed by atoms with Crippen molar-refractivity contribution in [1.29, 1.82) is 0 Å². The highest BCUT2D eigenvalue weighted by atomic mass is 28.5. The van der Waals surface area contributed by atoms with Gasteiger partial charge in [-0.25, -0.2) is 0 Å². The lowest BCUT2D eigenvalue weighted by molar-refractivity contribution is 0.224. The maximum atomic E-state index is 6.77. The monoisotopic (exact) mass is 435 g/mol. The van der Waals surface area contributed by atoms with E-state index in [0.717, 1.165) is 0 Å². The van der Waals surface area contributed by atoms with Gasteiger partial charge >= 0.3 is 25.7 Å². The van der Waals surface area contributed by atoms with Crippen molar-refractivity contribution in [2.24, 2.45) is 0 Å². The zero-order valence-electron chi connectivity index (χ0n) is 17.5. The highest BCUT2D eigenvalue weighted by Gasteiger charge is 2.55. The topological polar surface area (TPSA) is 27.7 Å². The summed E-state index contributed by atoms with van der Waals surface area (Å²) < 4.78 is 20.3. The predicted octanol–water partition coefficient (Wildman–Crippen LogP) is 5.53. The van der Waals surface area contributed by atoms with Gasteiger partial charge in [0.1, 0.15) is 0 Å². The van der Waals surface area contributed by atoms with Crippen LogP contribution in [0.5, 0.6) is 0 Å². The molecule has 1 aliphatic rings. The van der Waals surface area contributed by atoms with Gasteiger partial charge in [-0.2, -0.15) is 0 Å². The SMILES string of the molecule is C[Si](C)CC[Si]1(C)O[Si](C)(CC[Si](C)C)O[Si](C)(CC[Si](C)C)O1. The second-order valence-electron chi connectivity index (χ2n) is 8.83. The highest BCUT2D eigenvalue weighted by molar-refractivity contribution is 6.94. The molecule has 1 heterocycles. The molecule has 24 heavy (non-hydrogen) atoms. The summed E-state index contributed by atoms with van der Waals surface area (Å²) in [4.78, 5) is 0. The lowest BCUT2D eigenvalue weighted by Gasteiger charge is -2.51. The molecule has 0 N–H and O–H groups in total. The number of rotatable bonds is 9. The van der Waals surface area contributed by atoms with Gasteiger partial charge in [0.15, 0.2) is 0 Å². The fourth-order valence-electron chi connectivity index (χ4n) is 3.17. The molecule has 0 aromatic carbocycles. The Labute approximate surface area is 159 Å². The summed E-state index contributed by atoms with van der Waals surface area (Å²) in [5.41, 5.74) is 0. The van der Waals surface area contributed by atoms with Crippen molar-refractivity contribution in [1.82, 2.24) is 0 Å². The first kappa shape index (κ1) is 23.2. The average Bonchev–Trinajstić information content (AvgIpc) is 2.40. The second-order valence-corrected chi connectivity index (χ2v) is 28.3. The molecule has 0 saturated carbocycles. The lowest BCUT2D eigenvalue weighted by atomic mass is 10.9. The van der Waals surface area contributed by atoms with Crippen molar-refractivity contribution in [3.05, 3.63) is 0 Å². The molecule has 0 unspecified atom stereocenters. The quantitative estimate of drug-likeness (QED) is 0.446. The third-order valence-corrected chi connectivity index (χ3v) is 23.6. The average molecular weight is 436 g/mol. The molecule has 1 fully saturated rings. The molecule has 0 amide bonds. The van der Waals surface area contributed by atoms with Crippen molar-refractivity contribution in [3.63, 3.8) is 0 Å². The van der Waals surface area contributed by atoms with Gasteiger partial charge in [-0.3, -0.25) is 0 Å². The van der Waals surface area contributed by atoms with E-state index in [1.54, 1.807) is 0 Å². The van der Waals surface area contributed by atoms with Crippen LogP contribution in [0.4, 0.5) is 0 Å². The summed E-state index contributed by atoms with van der Waals surface area (Å²) in [6.07, 6.45) is 0. The van der Waals surface area contributed by atoms with Gasteiger partial charge in [0.25, 0.3) is 0 Å². The zero-order valence-corrected chi connectivity index (χ0v) is 23.5. The van der Waals surface area contributed by atoms with E-state index in [1.165, 1.54) is 36.3 Å². The third-order valence-electron chi connectivity index (χ3n) is 4.53. The first-order valence-corrected chi connectivity index (χ1v) is 25.0. The van der Waals surface area contributed by atoms with E-state index < -0.39 is 25.7 Å². The molecule has 0 atom stereocenters. The second kappa shape index (κ2) is 9.40. The molecule has 0 aliphatic carbocycles. The Morgan fingerprint density at radius 3 is 0.875 bits per heavy atom. The van der Waals surface area contributed by atoms with Crippen LogP contribution in [-0.4, -0.2) is 52.1 Å². The molecule has 1 saturated heterocycles. The Morgan fingerprint density at radius 2 is 0.708 bits per heavy atom. The molecule has 141 valence electrons. The maximum absolute atomic E-state index is 6.77. The van der Waals surface area contributed by atoms with Crippen molar-refractivity contribution in [2.45, 2.75) is 95.2 Å². The smallest absolute Gasteiger partial charge is 0.317 e. The van der Waals surface area contributed by atoms with Gasteiger partial charge < -0.3 is 12.3 Å². The summed E-state index contributed by atoms with van der Waals surface area (Å²) >= 11 is 0. The van der Waals surface area contributed by atoms with Crippen LogP contribution in [0.1, 0.15) is 0 Å². The minimum Gasteiger partial charge on any atom is -0.416 e. The van der Waals surface area contributed by atoms with E-state index in [9.17, 15) is 0 Å². The number of hydrogen-bond donors (Lipinski definition) is 0. The zero-order chi connectivity index (χ0) is 18.6. The Morgan fingerprint density at radius 1 is 0.500 bits per heavy atom. The molecular formula is C15H39O3Si6. The van der Waals surface area contributed by atoms with E-state index in [4.69, 9.17) is 12.3 Å². The van der Waals surface area contributed by atoms with Crippen molar-refractivity contribution >= 4 is 52.1 Å². The third kappa shape index (κ3) is 8.25. The van der Waals surface area contributed by atoms with Crippen LogP contribution in [0, 0.1) is 0 Å². The molecule has 3 radical (unpaired) electrons. The maximum Gasteiger partial charge on any atom is 0.317 e. The van der Waals surface area contributed by atoms with E-state index in [2.05, 4.69) is 58.9 Å². The van der Waals surface area contributed by atoms with Gasteiger partial charge in [-0.05, 0) is 37.8 Å². The normalized spacial score (nSPS) is 34.5. The largest absolute Gasteiger partial charge is 0.416 e. The fraction of sp³-hybridized carbons (Fsp3) is 1.00. The molecule has 0 aromatic rings. The Hall–Kier alpha value is 1.18. The van der Waals surface area contributed by atoms with E-state index in [1.807, 2.05) is 0 Å². The van der Waals surface area contributed by atoms with Crippen LogP contribution in [0.25, 0.3) is 0 Å². The van der Waals surface area contributed by atoms with Crippen LogP contribution in [-0.2, 0) is 12.3 Å². The molecular weight excluding hydrogens is 397 g/mol. The van der Waals surface area contributed by atoms with Gasteiger partial charge in [0.2, 0.25) is 0 Å². The molecule has 1 aliphatic heterocycles. The summed E-state index contributed by atoms with van der Waals surface area (Å²) in [7, 11) is -6.86. The van der Waals surface area contributed by atoms with E-state index >= 15 is 0 Å². The lowest BCUT2D eigenvalue weighted by Crippen LogP contribution is -2.67. The van der Waals surface area contributed by atoms with E-state index in [0.29, 0.717) is 0 Å². The van der Waals surface area contributed by atoms with Crippen LogP contribution in [0.2, 0.25) is 95.2 Å². The van der Waals surface area contributed by atoms with Gasteiger partial charge in [0.05, 0.1) is 0 Å². The predicted molar refractivity (Wildman–Crippen MR) is 119 cm³/mol. The van der Waals surface area contributed by atoms with Crippen LogP contribution < -0.4 is 0 Å². The summed E-state index contributed by atoms with van der Waals surface area (Å²) in [5.74, 6) is 0. The minimum atomic E-state index is -2.07. The molecule has 3 nitrogen and oxygen atoms in total. The first-order valence-electron chi connectivity index (χ1n) is 9.35. The van der Waals surface area contributed by atoms with Crippen LogP contribution >= 0.6 is 0 Å². The van der Waals surface area contributed by atoms with Crippen molar-refractivity contribution in [2.75, 3.05) is 0 Å². The Bertz CT molecular complexity index is 328. The molecule has 0 aromatic heterocycles. The molecule has 0 spiro atoms. The standard InChI is InChI=1S/C15H39O3Si6/c1-19(2)10-13-22(7)16-23(8,14-11-20(3)4)18-24(9,17-22)15-12-21(5)6/h10-15H2,1-9H3. The number of hydrogen-bond acceptors (Lipinski definition) is 3. The summed E-state index contributed by atoms with van der Waals surface area (Å²) in [6.45, 7) is 21.4. The van der Waals surface area contributed by atoms with Gasteiger partial charge in [0, 0.05) is 26.4 Å². The van der Waals surface area contributed by atoms with Crippen molar-refractivity contribution in [3.8, 4) is 0 Å². The van der Waals surface area contributed by atoms with Crippen molar-refractivity contribution < 1.29 is 12.3 Å². The molecule has 0 bridgehead atoms. The van der Waals surface area contributed by atoms with Crippen LogP contribution in [0.15, 0.2) is 0 Å². The van der Waals surface area contributed by atoms with E-state index in [-0.39, 0.29) is 26.4 Å². The van der Waals surface area contributed by atoms with Gasteiger partial charge in [-0.1, -0.05) is 57.4 Å². The van der Waals surface area contributed by atoms with Gasteiger partial charge in [-0.15, -0.1) is 0 Å². The van der Waals surface area contributed by atoms with Crippen LogP contribution in [0.3, 0.4) is 0 Å². The fourth-order valence-corrected chi connectivity index (χ4v) is 29.7. The first-order chi connectivity index (χ1) is 10.9. The molecule has 9 heteroatoms. The minimum absolute atomic E-state index is 0.221. The molecule has 1 rings (SSSR count). The summed E-state index contributed by atoms with van der Waals surface area (Å²) in [5, 5.41) is 0. The summed E-state index contributed by atoms with van der Waals surface area (Å²) in [6, 6.07) is 7.47. The Kier molecular flexibility index (Phi) is 9.09. The highest BCUT2D eigenvalue weighted by Crippen LogP contribution is 2.39. The Balaban J connectivity index is 2.92.